The van der Waals surface area contributed by atoms with Crippen molar-refractivity contribution in [2.75, 3.05) is 11.4 Å². The fourth-order valence-electron chi connectivity index (χ4n) is 2.72. The number of carbonyl (C=O) groups excluding carboxylic acids is 3. The van der Waals surface area contributed by atoms with E-state index < -0.39 is 11.9 Å². The molecule has 1 saturated heterocycles. The number of ketones is 1. The van der Waals surface area contributed by atoms with Gasteiger partial charge in [-0.05, 0) is 49.4 Å². The average molecular weight is 358 g/mol. The van der Waals surface area contributed by atoms with Crippen LogP contribution < -0.4 is 9.64 Å². The van der Waals surface area contributed by atoms with Gasteiger partial charge in [0.25, 0.3) is 0 Å². The second-order valence-electron chi connectivity index (χ2n) is 5.89. The van der Waals surface area contributed by atoms with Gasteiger partial charge in [0.2, 0.25) is 5.91 Å². The first kappa shape index (κ1) is 17.2. The second-order valence-corrected chi connectivity index (χ2v) is 6.32. The van der Waals surface area contributed by atoms with E-state index in [9.17, 15) is 14.4 Å². The molecule has 0 spiro atoms. The van der Waals surface area contributed by atoms with Crippen LogP contribution in [0.15, 0.2) is 48.5 Å². The molecule has 1 aliphatic heterocycles. The number of anilines is 1. The second kappa shape index (κ2) is 7.07. The molecule has 1 fully saturated rings. The van der Waals surface area contributed by atoms with Gasteiger partial charge in [-0.25, -0.2) is 0 Å². The molecule has 5 nitrogen and oxygen atoms in total. The third-order valence-corrected chi connectivity index (χ3v) is 4.29. The Balaban J connectivity index is 1.67. The summed E-state index contributed by atoms with van der Waals surface area (Å²) in [5.41, 5.74) is 1.21. The Morgan fingerprint density at radius 3 is 2.52 bits per heavy atom. The predicted molar refractivity (Wildman–Crippen MR) is 94.0 cm³/mol. The van der Waals surface area contributed by atoms with E-state index >= 15 is 0 Å². The predicted octanol–water partition coefficient (Wildman–Crippen LogP) is 3.50. The Labute approximate surface area is 150 Å². The Morgan fingerprint density at radius 2 is 1.88 bits per heavy atom. The van der Waals surface area contributed by atoms with Crippen LogP contribution >= 0.6 is 11.6 Å². The lowest BCUT2D eigenvalue weighted by molar-refractivity contribution is -0.139. The summed E-state index contributed by atoms with van der Waals surface area (Å²) in [5, 5.41) is 0.530. The Hall–Kier alpha value is -2.66. The third-order valence-electron chi connectivity index (χ3n) is 4.06. The van der Waals surface area contributed by atoms with Crippen molar-refractivity contribution in [3.63, 3.8) is 0 Å². The maximum atomic E-state index is 12.3. The molecule has 2 aromatic carbocycles. The summed E-state index contributed by atoms with van der Waals surface area (Å²) in [6.07, 6.45) is 0.0941. The molecule has 0 aromatic heterocycles. The molecular weight excluding hydrogens is 342 g/mol. The highest BCUT2D eigenvalue weighted by Crippen LogP contribution is 2.28. The number of hydrogen-bond donors (Lipinski definition) is 0. The third kappa shape index (κ3) is 3.88. The lowest BCUT2D eigenvalue weighted by atomic mass is 10.1. The molecule has 0 saturated carbocycles. The normalized spacial score (nSPS) is 16.8. The number of benzene rings is 2. The zero-order valence-electron chi connectivity index (χ0n) is 13.6. The van der Waals surface area contributed by atoms with Gasteiger partial charge in [-0.15, -0.1) is 0 Å². The summed E-state index contributed by atoms with van der Waals surface area (Å²) in [6, 6.07) is 13.3. The number of rotatable bonds is 4. The van der Waals surface area contributed by atoms with Crippen molar-refractivity contribution in [1.29, 1.82) is 0 Å². The molecule has 6 heteroatoms. The van der Waals surface area contributed by atoms with Crippen molar-refractivity contribution < 1.29 is 19.1 Å². The molecule has 128 valence electrons. The topological polar surface area (TPSA) is 63.7 Å². The summed E-state index contributed by atoms with van der Waals surface area (Å²) in [7, 11) is 0. The maximum Gasteiger partial charge on any atom is 0.316 e. The number of ether oxygens (including phenoxy) is 1. The van der Waals surface area contributed by atoms with E-state index in [2.05, 4.69) is 0 Å². The number of carbonyl (C=O) groups is 3. The number of amides is 1. The molecular formula is C19H16ClNO4. The van der Waals surface area contributed by atoms with Gasteiger partial charge in [-0.1, -0.05) is 17.7 Å². The SMILES string of the molecule is CC(=O)c1ccc(OC(=O)[C@@H]2CC(=O)N(c3cccc(Cl)c3)C2)cc1. The molecule has 1 amide bonds. The van der Waals surface area contributed by atoms with Crippen molar-refractivity contribution in [1.82, 2.24) is 0 Å². The minimum Gasteiger partial charge on any atom is -0.426 e. The van der Waals surface area contributed by atoms with Gasteiger partial charge in [0, 0.05) is 29.2 Å². The van der Waals surface area contributed by atoms with Crippen molar-refractivity contribution in [3.05, 3.63) is 59.1 Å². The summed E-state index contributed by atoms with van der Waals surface area (Å²) in [4.78, 5) is 37.3. The minimum absolute atomic E-state index is 0.0589. The number of nitrogens with zero attached hydrogens (tertiary/aromatic N) is 1. The van der Waals surface area contributed by atoms with Crippen molar-refractivity contribution in [2.24, 2.45) is 5.92 Å². The van der Waals surface area contributed by atoms with E-state index in [4.69, 9.17) is 16.3 Å². The number of halogens is 1. The first-order valence-corrected chi connectivity index (χ1v) is 8.20. The lowest BCUT2D eigenvalue weighted by Crippen LogP contribution is -2.27. The first-order chi connectivity index (χ1) is 11.9. The first-order valence-electron chi connectivity index (χ1n) is 7.82. The van der Waals surface area contributed by atoms with Gasteiger partial charge < -0.3 is 9.64 Å². The molecule has 3 rings (SSSR count). The number of Topliss-reactive ketones (excluding diaryl/α,β-unsaturated/α-hetero) is 1. The van der Waals surface area contributed by atoms with E-state index in [1.165, 1.54) is 11.8 Å². The molecule has 0 N–H and O–H groups in total. The van der Waals surface area contributed by atoms with E-state index in [0.29, 0.717) is 22.0 Å². The van der Waals surface area contributed by atoms with Crippen LogP contribution in [0.4, 0.5) is 5.69 Å². The van der Waals surface area contributed by atoms with Gasteiger partial charge in [-0.2, -0.15) is 0 Å². The fraction of sp³-hybridized carbons (Fsp3) is 0.211. The van der Waals surface area contributed by atoms with Crippen molar-refractivity contribution in [3.8, 4) is 5.75 Å². The molecule has 1 aliphatic rings. The standard InChI is InChI=1S/C19H16ClNO4/c1-12(22)13-5-7-17(8-6-13)25-19(24)14-9-18(23)21(11-14)16-4-2-3-15(20)10-16/h2-8,10,14H,9,11H2,1H3/t14-/m1/s1. The largest absolute Gasteiger partial charge is 0.426 e. The van der Waals surface area contributed by atoms with Gasteiger partial charge in [-0.3, -0.25) is 14.4 Å². The minimum atomic E-state index is -0.543. The zero-order valence-corrected chi connectivity index (χ0v) is 14.3. The fourth-order valence-corrected chi connectivity index (χ4v) is 2.90. The van der Waals surface area contributed by atoms with E-state index in [1.54, 1.807) is 48.5 Å². The summed E-state index contributed by atoms with van der Waals surface area (Å²) >= 11 is 5.96. The summed E-state index contributed by atoms with van der Waals surface area (Å²) in [5.74, 6) is -0.858. The molecule has 0 unspecified atom stereocenters. The van der Waals surface area contributed by atoms with Crippen LogP contribution in [0.25, 0.3) is 0 Å². The molecule has 1 atom stereocenters. The molecule has 1 heterocycles. The zero-order chi connectivity index (χ0) is 18.0. The van der Waals surface area contributed by atoms with Crippen LogP contribution in [0.3, 0.4) is 0 Å². The van der Waals surface area contributed by atoms with Crippen molar-refractivity contribution >= 4 is 34.9 Å². The number of esters is 1. The Bertz CT molecular complexity index is 832. The molecule has 2 aromatic rings. The van der Waals surface area contributed by atoms with E-state index in [1.807, 2.05) is 0 Å². The van der Waals surface area contributed by atoms with Gasteiger partial charge in [0.15, 0.2) is 5.78 Å². The summed E-state index contributed by atoms with van der Waals surface area (Å²) < 4.78 is 5.33. The van der Waals surface area contributed by atoms with Crippen molar-refractivity contribution in [2.45, 2.75) is 13.3 Å². The van der Waals surface area contributed by atoms with E-state index in [-0.39, 0.29) is 24.7 Å². The van der Waals surface area contributed by atoms with Crippen LogP contribution in [0.1, 0.15) is 23.7 Å². The van der Waals surface area contributed by atoms with Gasteiger partial charge in [0.05, 0.1) is 5.92 Å². The quantitative estimate of drug-likeness (QED) is 0.477. The highest BCUT2D eigenvalue weighted by Gasteiger charge is 2.36. The van der Waals surface area contributed by atoms with Crippen LogP contribution in [0.5, 0.6) is 5.75 Å². The van der Waals surface area contributed by atoms with Crippen LogP contribution in [-0.2, 0) is 9.59 Å². The Morgan fingerprint density at radius 1 is 1.16 bits per heavy atom. The molecule has 0 aliphatic carbocycles. The lowest BCUT2D eigenvalue weighted by Gasteiger charge is -2.16. The Kier molecular flexibility index (Phi) is 4.86. The smallest absolute Gasteiger partial charge is 0.316 e. The van der Waals surface area contributed by atoms with E-state index in [0.717, 1.165) is 0 Å². The van der Waals surface area contributed by atoms with Gasteiger partial charge in [0.1, 0.15) is 5.75 Å². The molecule has 0 bridgehead atoms. The highest BCUT2D eigenvalue weighted by molar-refractivity contribution is 6.31. The van der Waals surface area contributed by atoms with Crippen LogP contribution in [0.2, 0.25) is 5.02 Å². The van der Waals surface area contributed by atoms with Crippen LogP contribution in [0, 0.1) is 5.92 Å². The monoisotopic (exact) mass is 357 g/mol. The van der Waals surface area contributed by atoms with Gasteiger partial charge >= 0.3 is 5.97 Å². The highest BCUT2D eigenvalue weighted by atomic mass is 35.5. The average Bonchev–Trinajstić information content (AvgIpc) is 2.97. The number of hydrogen-bond acceptors (Lipinski definition) is 4. The maximum absolute atomic E-state index is 12.3. The van der Waals surface area contributed by atoms with Crippen LogP contribution in [-0.4, -0.2) is 24.2 Å². The molecule has 0 radical (unpaired) electrons. The summed E-state index contributed by atoms with van der Waals surface area (Å²) in [6.45, 7) is 1.72. The molecule has 25 heavy (non-hydrogen) atoms.